The normalized spacial score (nSPS) is 24.2. The molecule has 0 aliphatic carbocycles. The summed E-state index contributed by atoms with van der Waals surface area (Å²) in [6.07, 6.45) is -6.51. The van der Waals surface area contributed by atoms with Crippen molar-refractivity contribution >= 4 is 5.78 Å². The molecule has 2 aromatic carbocycles. The molecule has 0 amide bonds. The van der Waals surface area contributed by atoms with Crippen LogP contribution in [0.2, 0.25) is 0 Å². The maximum Gasteiger partial charge on any atom is 0.499 e. The van der Waals surface area contributed by atoms with Crippen LogP contribution in [0.5, 0.6) is 5.75 Å². The molecule has 172 valence electrons. The first-order valence-corrected chi connectivity index (χ1v) is 10.7. The highest BCUT2D eigenvalue weighted by Gasteiger charge is 2.61. The average Bonchev–Trinajstić information content (AvgIpc) is 2.73. The zero-order chi connectivity index (χ0) is 22.9. The molecule has 0 radical (unpaired) electrons. The van der Waals surface area contributed by atoms with Crippen molar-refractivity contribution in [2.75, 3.05) is 0 Å². The van der Waals surface area contributed by atoms with Crippen LogP contribution in [0.1, 0.15) is 48.0 Å². The topological polar surface area (TPSA) is 29.5 Å². The maximum atomic E-state index is 13.1. The van der Waals surface area contributed by atoms with Gasteiger partial charge in [0.25, 0.3) is 0 Å². The number of fused-ring (bicyclic) bond motifs is 2. The lowest BCUT2D eigenvalue weighted by atomic mass is 9.75. The van der Waals surface area contributed by atoms with Gasteiger partial charge in [0.1, 0.15) is 5.75 Å². The monoisotopic (exact) mass is 453 g/mol. The van der Waals surface area contributed by atoms with Crippen molar-refractivity contribution in [2.45, 2.75) is 63.0 Å². The SMILES string of the molecule is O=C(c1ccc(OC(F)(F)C(F)(F)F)cc1)C1CC2CCCC(C1)N2Cc1ccccc1. The third kappa shape index (κ3) is 4.80. The molecule has 32 heavy (non-hydrogen) atoms. The number of hydrogen-bond acceptors (Lipinski definition) is 3. The summed E-state index contributed by atoms with van der Waals surface area (Å²) < 4.78 is 66.9. The molecule has 4 rings (SSSR count). The molecule has 0 saturated carbocycles. The van der Waals surface area contributed by atoms with E-state index in [1.807, 2.05) is 18.2 Å². The Bertz CT molecular complexity index is 916. The van der Waals surface area contributed by atoms with Crippen molar-refractivity contribution < 1.29 is 31.5 Å². The molecule has 2 aliphatic heterocycles. The van der Waals surface area contributed by atoms with Crippen LogP contribution in [0.4, 0.5) is 22.0 Å². The minimum atomic E-state index is -5.81. The maximum absolute atomic E-state index is 13.1. The van der Waals surface area contributed by atoms with Crippen LogP contribution in [0.15, 0.2) is 54.6 Å². The van der Waals surface area contributed by atoms with Gasteiger partial charge in [-0.15, -0.1) is 0 Å². The van der Waals surface area contributed by atoms with E-state index in [1.54, 1.807) is 0 Å². The fraction of sp³-hybridized carbons (Fsp3) is 0.458. The fourth-order valence-corrected chi connectivity index (χ4v) is 4.87. The molecule has 0 aromatic heterocycles. The number of ketones is 1. The van der Waals surface area contributed by atoms with E-state index >= 15 is 0 Å². The summed E-state index contributed by atoms with van der Waals surface area (Å²) >= 11 is 0. The molecule has 2 bridgehead atoms. The zero-order valence-electron chi connectivity index (χ0n) is 17.3. The zero-order valence-corrected chi connectivity index (χ0v) is 17.3. The molecule has 3 nitrogen and oxygen atoms in total. The van der Waals surface area contributed by atoms with Gasteiger partial charge in [-0.2, -0.15) is 22.0 Å². The predicted molar refractivity (Wildman–Crippen MR) is 109 cm³/mol. The van der Waals surface area contributed by atoms with Crippen molar-refractivity contribution in [3.63, 3.8) is 0 Å². The van der Waals surface area contributed by atoms with Gasteiger partial charge in [0.15, 0.2) is 5.78 Å². The number of rotatable bonds is 6. The summed E-state index contributed by atoms with van der Waals surface area (Å²) in [7, 11) is 0. The van der Waals surface area contributed by atoms with Gasteiger partial charge in [0, 0.05) is 30.1 Å². The van der Waals surface area contributed by atoms with Crippen molar-refractivity contribution in [3.8, 4) is 5.75 Å². The van der Waals surface area contributed by atoms with Gasteiger partial charge in [-0.05, 0) is 55.5 Å². The van der Waals surface area contributed by atoms with Gasteiger partial charge in [0.05, 0.1) is 0 Å². The van der Waals surface area contributed by atoms with Gasteiger partial charge in [-0.1, -0.05) is 36.8 Å². The van der Waals surface area contributed by atoms with Gasteiger partial charge >= 0.3 is 12.3 Å². The number of carbonyl (C=O) groups is 1. The Morgan fingerprint density at radius 3 is 2.06 bits per heavy atom. The molecule has 0 N–H and O–H groups in total. The molecule has 2 atom stereocenters. The second kappa shape index (κ2) is 8.81. The van der Waals surface area contributed by atoms with E-state index in [4.69, 9.17) is 0 Å². The minimum Gasteiger partial charge on any atom is -0.426 e. The number of benzene rings is 2. The highest BCUT2D eigenvalue weighted by Crippen LogP contribution is 2.40. The van der Waals surface area contributed by atoms with Crippen molar-refractivity contribution in [3.05, 3.63) is 65.7 Å². The first-order chi connectivity index (χ1) is 15.1. The molecule has 2 aliphatic rings. The second-order valence-corrected chi connectivity index (χ2v) is 8.57. The summed E-state index contributed by atoms with van der Waals surface area (Å²) in [5, 5.41) is 0. The highest BCUT2D eigenvalue weighted by atomic mass is 19.4. The Labute approximate surface area is 183 Å². The van der Waals surface area contributed by atoms with E-state index in [-0.39, 0.29) is 11.7 Å². The Balaban J connectivity index is 1.42. The molecule has 2 saturated heterocycles. The van der Waals surface area contributed by atoms with Crippen LogP contribution >= 0.6 is 0 Å². The summed E-state index contributed by atoms with van der Waals surface area (Å²) in [5.41, 5.74) is 1.53. The van der Waals surface area contributed by atoms with Gasteiger partial charge < -0.3 is 4.74 Å². The lowest BCUT2D eigenvalue weighted by Crippen LogP contribution is -2.52. The molecular formula is C24H24F5NO2. The summed E-state index contributed by atoms with van der Waals surface area (Å²) in [6.45, 7) is 0.844. The third-order valence-electron chi connectivity index (χ3n) is 6.42. The molecule has 2 aromatic rings. The number of piperidine rings is 2. The van der Waals surface area contributed by atoms with Gasteiger partial charge in [-0.25, -0.2) is 0 Å². The number of nitrogens with zero attached hydrogens (tertiary/aromatic N) is 1. The van der Waals surface area contributed by atoms with Crippen molar-refractivity contribution in [2.24, 2.45) is 5.92 Å². The molecule has 2 unspecified atom stereocenters. The summed E-state index contributed by atoms with van der Waals surface area (Å²) in [4.78, 5) is 15.5. The van der Waals surface area contributed by atoms with Crippen LogP contribution in [-0.4, -0.2) is 35.1 Å². The largest absolute Gasteiger partial charge is 0.499 e. The Kier molecular flexibility index (Phi) is 6.25. The van der Waals surface area contributed by atoms with Crippen LogP contribution in [0.25, 0.3) is 0 Å². The Hall–Kier alpha value is -2.48. The second-order valence-electron chi connectivity index (χ2n) is 8.57. The van der Waals surface area contributed by atoms with Crippen molar-refractivity contribution in [1.82, 2.24) is 4.90 Å². The first-order valence-electron chi connectivity index (χ1n) is 10.7. The predicted octanol–water partition coefficient (Wildman–Crippen LogP) is 6.24. The van der Waals surface area contributed by atoms with Crippen molar-refractivity contribution in [1.29, 1.82) is 0 Å². The number of Topliss-reactive ketones (excluding diaryl/α,β-unsaturated/α-hetero) is 1. The standard InChI is InChI=1S/C24H24F5NO2/c25-23(26,27)24(28,29)32-21-11-9-17(10-12-21)22(31)18-13-19-7-4-8-20(14-18)30(19)15-16-5-2-1-3-6-16/h1-3,5-6,9-12,18-20H,4,7-8,13-15H2. The lowest BCUT2D eigenvalue weighted by Gasteiger charge is -2.48. The number of ether oxygens (including phenoxy) is 1. The van der Waals surface area contributed by atoms with Gasteiger partial charge in [0.2, 0.25) is 0 Å². The van der Waals surface area contributed by atoms with E-state index in [0.717, 1.165) is 37.9 Å². The van der Waals surface area contributed by atoms with Crippen LogP contribution in [0.3, 0.4) is 0 Å². The minimum absolute atomic E-state index is 0.101. The van der Waals surface area contributed by atoms with Crippen LogP contribution in [0, 0.1) is 5.92 Å². The number of carbonyl (C=O) groups excluding carboxylic acids is 1. The van der Waals surface area contributed by atoms with E-state index in [2.05, 4.69) is 21.8 Å². The van der Waals surface area contributed by atoms with Gasteiger partial charge in [-0.3, -0.25) is 9.69 Å². The molecule has 2 heterocycles. The van der Waals surface area contributed by atoms with E-state index in [0.29, 0.717) is 30.5 Å². The van der Waals surface area contributed by atoms with Crippen LogP contribution < -0.4 is 4.74 Å². The van der Waals surface area contributed by atoms with E-state index in [9.17, 15) is 26.7 Å². The average molecular weight is 453 g/mol. The highest BCUT2D eigenvalue weighted by molar-refractivity contribution is 5.98. The Morgan fingerprint density at radius 1 is 0.906 bits per heavy atom. The smallest absolute Gasteiger partial charge is 0.426 e. The molecule has 8 heteroatoms. The lowest BCUT2D eigenvalue weighted by molar-refractivity contribution is -0.360. The number of hydrogen-bond donors (Lipinski definition) is 0. The number of alkyl halides is 5. The molecule has 0 spiro atoms. The van der Waals surface area contributed by atoms with E-state index in [1.165, 1.54) is 17.7 Å². The van der Waals surface area contributed by atoms with E-state index < -0.39 is 18.0 Å². The van der Waals surface area contributed by atoms with Crippen LogP contribution in [-0.2, 0) is 6.54 Å². The number of halogens is 5. The fourth-order valence-electron chi connectivity index (χ4n) is 4.87. The molecule has 2 fully saturated rings. The molecular weight excluding hydrogens is 429 g/mol. The summed E-state index contributed by atoms with van der Waals surface area (Å²) in [5.74, 6) is -0.936. The third-order valence-corrected chi connectivity index (χ3v) is 6.42. The first kappa shape index (κ1) is 22.7. The quantitative estimate of drug-likeness (QED) is 0.383. The summed E-state index contributed by atoms with van der Waals surface area (Å²) in [6, 6.07) is 15.3. The Morgan fingerprint density at radius 2 is 1.50 bits per heavy atom.